The Morgan fingerprint density at radius 3 is 2.79 bits per heavy atom. The fourth-order valence-corrected chi connectivity index (χ4v) is 2.86. The average Bonchev–Trinajstić information content (AvgIpc) is 3.16. The summed E-state index contributed by atoms with van der Waals surface area (Å²) in [5.74, 6) is 0.191. The van der Waals surface area contributed by atoms with Crippen LogP contribution < -0.4 is 14.8 Å². The Morgan fingerprint density at radius 2 is 2.00 bits per heavy atom. The molecule has 0 saturated carbocycles. The van der Waals surface area contributed by atoms with Crippen molar-refractivity contribution >= 4 is 17.2 Å². The van der Waals surface area contributed by atoms with Crippen LogP contribution >= 0.6 is 0 Å². The molecule has 1 amide bonds. The van der Waals surface area contributed by atoms with Gasteiger partial charge in [0.15, 0.2) is 6.61 Å². The minimum absolute atomic E-state index is 0.142. The number of anilines is 1. The highest BCUT2D eigenvalue weighted by Crippen LogP contribution is 2.30. The monoisotopic (exact) mass is 389 g/mol. The predicted molar refractivity (Wildman–Crippen MR) is 108 cm³/mol. The van der Waals surface area contributed by atoms with Gasteiger partial charge >= 0.3 is 6.01 Å². The van der Waals surface area contributed by atoms with E-state index in [1.807, 2.05) is 48.0 Å². The van der Waals surface area contributed by atoms with Gasteiger partial charge in [0.05, 0.1) is 18.5 Å². The van der Waals surface area contributed by atoms with Crippen LogP contribution in [0.3, 0.4) is 0 Å². The number of pyridine rings is 1. The van der Waals surface area contributed by atoms with Crippen LogP contribution in [0.25, 0.3) is 16.9 Å². The first-order valence-electron chi connectivity index (χ1n) is 8.96. The Labute approximate surface area is 167 Å². The summed E-state index contributed by atoms with van der Waals surface area (Å²) in [6.45, 7) is 1.81. The maximum Gasteiger partial charge on any atom is 0.316 e. The molecule has 8 heteroatoms. The van der Waals surface area contributed by atoms with Crippen molar-refractivity contribution in [3.05, 3.63) is 66.7 Å². The van der Waals surface area contributed by atoms with Crippen molar-refractivity contribution in [3.8, 4) is 23.0 Å². The molecule has 4 rings (SSSR count). The summed E-state index contributed by atoms with van der Waals surface area (Å²) >= 11 is 0. The molecule has 0 saturated heterocycles. The molecule has 146 valence electrons. The number of hydrogen-bond donors (Lipinski definition) is 1. The Balaban J connectivity index is 1.55. The number of amides is 1. The van der Waals surface area contributed by atoms with Gasteiger partial charge in [-0.25, -0.2) is 15.0 Å². The number of rotatable bonds is 6. The highest BCUT2D eigenvalue weighted by molar-refractivity contribution is 5.94. The summed E-state index contributed by atoms with van der Waals surface area (Å²) in [7, 11) is 1.55. The molecule has 0 bridgehead atoms. The number of aromatic nitrogens is 4. The van der Waals surface area contributed by atoms with Crippen LogP contribution in [-0.4, -0.2) is 39.0 Å². The van der Waals surface area contributed by atoms with Gasteiger partial charge in [0, 0.05) is 30.4 Å². The van der Waals surface area contributed by atoms with Crippen molar-refractivity contribution in [2.45, 2.75) is 6.92 Å². The molecule has 0 unspecified atom stereocenters. The van der Waals surface area contributed by atoms with Crippen molar-refractivity contribution in [1.29, 1.82) is 0 Å². The summed E-state index contributed by atoms with van der Waals surface area (Å²) < 4.78 is 12.6. The number of carbonyl (C=O) groups excluding carboxylic acids is 1. The van der Waals surface area contributed by atoms with Crippen LogP contribution in [0.5, 0.6) is 11.8 Å². The minimum Gasteiger partial charge on any atom is -0.495 e. The van der Waals surface area contributed by atoms with E-state index in [0.29, 0.717) is 11.4 Å². The number of imidazole rings is 1. The van der Waals surface area contributed by atoms with Crippen molar-refractivity contribution < 1.29 is 14.3 Å². The topological polar surface area (TPSA) is 90.6 Å². The quantitative estimate of drug-likeness (QED) is 0.545. The fourth-order valence-electron chi connectivity index (χ4n) is 2.86. The van der Waals surface area contributed by atoms with Gasteiger partial charge in [-0.1, -0.05) is 0 Å². The zero-order valence-electron chi connectivity index (χ0n) is 16.0. The van der Waals surface area contributed by atoms with Crippen molar-refractivity contribution in [1.82, 2.24) is 19.4 Å². The molecular formula is C21H19N5O3. The van der Waals surface area contributed by atoms with Gasteiger partial charge in [0.2, 0.25) is 0 Å². The maximum atomic E-state index is 12.3. The molecule has 4 aromatic rings. The summed E-state index contributed by atoms with van der Waals surface area (Å²) in [4.78, 5) is 24.8. The van der Waals surface area contributed by atoms with Gasteiger partial charge in [-0.05, 0) is 48.9 Å². The standard InChI is InChI=1S/C21H19N5O3/c1-14-6-9-26-12-17(24-19(26)10-14)15-4-5-18(28-2)16(11-15)25-20(27)13-29-21-22-7-3-8-23-21/h3-12H,13H2,1-2H3,(H,25,27). The van der Waals surface area contributed by atoms with Crippen LogP contribution in [0, 0.1) is 6.92 Å². The van der Waals surface area contributed by atoms with E-state index in [4.69, 9.17) is 9.47 Å². The smallest absolute Gasteiger partial charge is 0.316 e. The van der Waals surface area contributed by atoms with E-state index >= 15 is 0 Å². The lowest BCUT2D eigenvalue weighted by Crippen LogP contribution is -2.21. The minimum atomic E-state index is -0.349. The first-order chi connectivity index (χ1) is 14.1. The zero-order chi connectivity index (χ0) is 20.2. The highest BCUT2D eigenvalue weighted by Gasteiger charge is 2.12. The third kappa shape index (κ3) is 4.16. The number of ether oxygens (including phenoxy) is 2. The molecule has 3 aromatic heterocycles. The van der Waals surface area contributed by atoms with Crippen LogP contribution in [0.15, 0.2) is 61.2 Å². The average molecular weight is 389 g/mol. The second-order valence-electron chi connectivity index (χ2n) is 6.38. The van der Waals surface area contributed by atoms with Crippen LogP contribution in [0.4, 0.5) is 5.69 Å². The number of carbonyl (C=O) groups is 1. The van der Waals surface area contributed by atoms with Gasteiger partial charge < -0.3 is 19.2 Å². The third-order valence-corrected chi connectivity index (χ3v) is 4.26. The molecule has 8 nitrogen and oxygen atoms in total. The number of hydrogen-bond acceptors (Lipinski definition) is 6. The van der Waals surface area contributed by atoms with Crippen LogP contribution in [0.1, 0.15) is 5.56 Å². The summed E-state index contributed by atoms with van der Waals surface area (Å²) in [6, 6.07) is 11.4. The molecule has 0 radical (unpaired) electrons. The lowest BCUT2D eigenvalue weighted by molar-refractivity contribution is -0.118. The molecule has 0 aliphatic carbocycles. The largest absolute Gasteiger partial charge is 0.495 e. The number of nitrogens with one attached hydrogen (secondary N) is 1. The van der Waals surface area contributed by atoms with Gasteiger partial charge in [-0.3, -0.25) is 4.79 Å². The first-order valence-corrected chi connectivity index (χ1v) is 8.96. The Bertz CT molecular complexity index is 1160. The summed E-state index contributed by atoms with van der Waals surface area (Å²) in [5.41, 5.74) is 4.18. The normalized spacial score (nSPS) is 10.7. The first kappa shape index (κ1) is 18.4. The molecule has 0 fully saturated rings. The molecule has 0 aliphatic heterocycles. The van der Waals surface area contributed by atoms with Crippen LogP contribution in [-0.2, 0) is 4.79 Å². The molecule has 29 heavy (non-hydrogen) atoms. The second kappa shape index (κ2) is 7.97. The zero-order valence-corrected chi connectivity index (χ0v) is 16.0. The summed E-state index contributed by atoms with van der Waals surface area (Å²) in [5, 5.41) is 2.81. The predicted octanol–water partition coefficient (Wildman–Crippen LogP) is 3.13. The molecular weight excluding hydrogens is 370 g/mol. The number of benzene rings is 1. The molecule has 0 aliphatic rings. The number of nitrogens with zero attached hydrogens (tertiary/aromatic N) is 4. The van der Waals surface area contributed by atoms with E-state index < -0.39 is 0 Å². The van der Waals surface area contributed by atoms with E-state index in [2.05, 4.69) is 20.3 Å². The van der Waals surface area contributed by atoms with Gasteiger partial charge in [0.25, 0.3) is 5.91 Å². The molecule has 1 N–H and O–H groups in total. The van der Waals surface area contributed by atoms with Crippen molar-refractivity contribution in [2.75, 3.05) is 19.0 Å². The second-order valence-corrected chi connectivity index (χ2v) is 6.38. The van der Waals surface area contributed by atoms with Crippen molar-refractivity contribution in [3.63, 3.8) is 0 Å². The Kier molecular flexibility index (Phi) is 5.07. The number of fused-ring (bicyclic) bond motifs is 1. The summed E-state index contributed by atoms with van der Waals surface area (Å²) in [6.07, 6.45) is 7.00. The lowest BCUT2D eigenvalue weighted by Gasteiger charge is -2.11. The maximum absolute atomic E-state index is 12.3. The van der Waals surface area contributed by atoms with Gasteiger partial charge in [-0.2, -0.15) is 0 Å². The van der Waals surface area contributed by atoms with Gasteiger partial charge in [0.1, 0.15) is 11.4 Å². The Hall–Kier alpha value is -3.94. The SMILES string of the molecule is COc1ccc(-c2cn3ccc(C)cc3n2)cc1NC(=O)COc1ncccn1. The number of methoxy groups -OCH3 is 1. The molecule has 0 spiro atoms. The van der Waals surface area contributed by atoms with E-state index in [0.717, 1.165) is 22.5 Å². The lowest BCUT2D eigenvalue weighted by atomic mass is 10.1. The fraction of sp³-hybridized carbons (Fsp3) is 0.143. The highest BCUT2D eigenvalue weighted by atomic mass is 16.5. The van der Waals surface area contributed by atoms with E-state index in [9.17, 15) is 4.79 Å². The van der Waals surface area contributed by atoms with Gasteiger partial charge in [-0.15, -0.1) is 0 Å². The number of aryl methyl sites for hydroxylation is 1. The molecule has 1 aromatic carbocycles. The van der Waals surface area contributed by atoms with E-state index in [1.54, 1.807) is 31.6 Å². The van der Waals surface area contributed by atoms with Crippen LogP contribution in [0.2, 0.25) is 0 Å². The van der Waals surface area contributed by atoms with E-state index in [1.165, 1.54) is 0 Å². The Morgan fingerprint density at radius 1 is 1.17 bits per heavy atom. The molecule has 0 atom stereocenters. The molecule has 3 heterocycles. The van der Waals surface area contributed by atoms with Crippen molar-refractivity contribution in [2.24, 2.45) is 0 Å². The van der Waals surface area contributed by atoms with E-state index in [-0.39, 0.29) is 18.5 Å². The third-order valence-electron chi connectivity index (χ3n) is 4.26.